The van der Waals surface area contributed by atoms with E-state index >= 15 is 0 Å². The van der Waals surface area contributed by atoms with Crippen LogP contribution in [0.4, 0.5) is 0 Å². The van der Waals surface area contributed by atoms with E-state index in [-0.39, 0.29) is 6.42 Å². The fraction of sp³-hybridized carbons (Fsp3) is 0.125. The summed E-state index contributed by atoms with van der Waals surface area (Å²) in [6.45, 7) is 0. The fourth-order valence-electron chi connectivity index (χ4n) is 1.97. The molecule has 4 nitrogen and oxygen atoms in total. The minimum absolute atomic E-state index is 0.162. The van der Waals surface area contributed by atoms with Crippen LogP contribution in [0.25, 0.3) is 0 Å². The van der Waals surface area contributed by atoms with Crippen molar-refractivity contribution >= 4 is 39.4 Å². The lowest BCUT2D eigenvalue weighted by Crippen LogP contribution is -2.42. The van der Waals surface area contributed by atoms with E-state index in [4.69, 9.17) is 11.6 Å². The Morgan fingerprint density at radius 3 is 2.55 bits per heavy atom. The van der Waals surface area contributed by atoms with Crippen LogP contribution in [-0.4, -0.2) is 23.0 Å². The van der Waals surface area contributed by atoms with Gasteiger partial charge < -0.3 is 10.4 Å². The molecule has 0 saturated carbocycles. The smallest absolute Gasteiger partial charge is 0.326 e. The van der Waals surface area contributed by atoms with E-state index in [1.54, 1.807) is 48.5 Å². The standard InChI is InChI=1S/C16H13BrClNO3/c17-12-5-2-4-11(9-12)15(20)19-14(16(21)22)8-10-3-1-6-13(18)7-10/h1-7,9,14H,8H2,(H,19,20)(H,21,22)/t14-/m1/s1. The summed E-state index contributed by atoms with van der Waals surface area (Å²) in [5, 5.41) is 12.4. The number of benzene rings is 2. The van der Waals surface area contributed by atoms with Crippen molar-refractivity contribution in [2.45, 2.75) is 12.5 Å². The van der Waals surface area contributed by atoms with Gasteiger partial charge in [0.05, 0.1) is 0 Å². The molecule has 0 aliphatic heterocycles. The zero-order valence-corrected chi connectivity index (χ0v) is 13.8. The largest absolute Gasteiger partial charge is 0.480 e. The normalized spacial score (nSPS) is 11.7. The van der Waals surface area contributed by atoms with Crippen LogP contribution in [0.15, 0.2) is 53.0 Å². The van der Waals surface area contributed by atoms with Crippen molar-refractivity contribution in [3.8, 4) is 0 Å². The quantitative estimate of drug-likeness (QED) is 0.831. The molecule has 0 spiro atoms. The molecule has 1 amide bonds. The number of carbonyl (C=O) groups is 2. The molecular weight excluding hydrogens is 370 g/mol. The summed E-state index contributed by atoms with van der Waals surface area (Å²) in [5.74, 6) is -1.53. The number of nitrogens with one attached hydrogen (secondary N) is 1. The van der Waals surface area contributed by atoms with Crippen LogP contribution < -0.4 is 5.32 Å². The number of rotatable bonds is 5. The molecule has 0 unspecified atom stereocenters. The first kappa shape index (κ1) is 16.5. The van der Waals surface area contributed by atoms with Gasteiger partial charge in [-0.15, -0.1) is 0 Å². The number of halogens is 2. The molecule has 0 aromatic heterocycles. The van der Waals surface area contributed by atoms with Crippen molar-refractivity contribution in [3.05, 3.63) is 69.2 Å². The highest BCUT2D eigenvalue weighted by molar-refractivity contribution is 9.10. The Morgan fingerprint density at radius 1 is 1.18 bits per heavy atom. The Morgan fingerprint density at radius 2 is 1.91 bits per heavy atom. The molecule has 0 bridgehead atoms. The summed E-state index contributed by atoms with van der Waals surface area (Å²) in [7, 11) is 0. The van der Waals surface area contributed by atoms with E-state index in [9.17, 15) is 14.7 Å². The summed E-state index contributed by atoms with van der Waals surface area (Å²) in [4.78, 5) is 23.5. The lowest BCUT2D eigenvalue weighted by molar-refractivity contribution is -0.139. The molecule has 2 aromatic carbocycles. The summed E-state index contributed by atoms with van der Waals surface area (Å²) in [5.41, 5.74) is 1.14. The molecular formula is C16H13BrClNO3. The van der Waals surface area contributed by atoms with Gasteiger partial charge in [-0.2, -0.15) is 0 Å². The Bertz CT molecular complexity index is 705. The maximum absolute atomic E-state index is 12.1. The first-order valence-corrected chi connectivity index (χ1v) is 7.66. The molecule has 2 rings (SSSR count). The third kappa shape index (κ3) is 4.58. The summed E-state index contributed by atoms with van der Waals surface area (Å²) >= 11 is 9.16. The lowest BCUT2D eigenvalue weighted by Gasteiger charge is -2.15. The highest BCUT2D eigenvalue weighted by Crippen LogP contribution is 2.14. The van der Waals surface area contributed by atoms with Gasteiger partial charge >= 0.3 is 5.97 Å². The van der Waals surface area contributed by atoms with Gasteiger partial charge in [-0.3, -0.25) is 4.79 Å². The topological polar surface area (TPSA) is 66.4 Å². The van der Waals surface area contributed by atoms with Crippen molar-refractivity contribution in [1.29, 1.82) is 0 Å². The highest BCUT2D eigenvalue weighted by Gasteiger charge is 2.21. The minimum Gasteiger partial charge on any atom is -0.480 e. The summed E-state index contributed by atoms with van der Waals surface area (Å²) in [6.07, 6.45) is 0.162. The Balaban J connectivity index is 2.12. The molecule has 6 heteroatoms. The van der Waals surface area contributed by atoms with Gasteiger partial charge in [-0.25, -0.2) is 4.79 Å². The number of carboxylic acids is 1. The van der Waals surface area contributed by atoms with Gasteiger partial charge in [0.1, 0.15) is 6.04 Å². The number of hydrogen-bond acceptors (Lipinski definition) is 2. The molecule has 0 heterocycles. The summed E-state index contributed by atoms with van der Waals surface area (Å²) < 4.78 is 0.752. The van der Waals surface area contributed by atoms with Crippen LogP contribution in [0.2, 0.25) is 5.02 Å². The number of carboxylic acid groups (broad SMARTS) is 1. The first-order valence-electron chi connectivity index (χ1n) is 6.49. The van der Waals surface area contributed by atoms with E-state index < -0.39 is 17.9 Å². The molecule has 0 fully saturated rings. The van der Waals surface area contributed by atoms with Crippen molar-refractivity contribution < 1.29 is 14.7 Å². The minimum atomic E-state index is -1.09. The van der Waals surface area contributed by atoms with Crippen LogP contribution >= 0.6 is 27.5 Å². The maximum Gasteiger partial charge on any atom is 0.326 e. The van der Waals surface area contributed by atoms with Crippen LogP contribution in [0.3, 0.4) is 0 Å². The number of hydrogen-bond donors (Lipinski definition) is 2. The van der Waals surface area contributed by atoms with Crippen molar-refractivity contribution in [2.24, 2.45) is 0 Å². The van der Waals surface area contributed by atoms with Crippen molar-refractivity contribution in [1.82, 2.24) is 5.32 Å². The second kappa shape index (κ2) is 7.42. The predicted octanol–water partition coefficient (Wildman–Crippen LogP) is 3.53. The predicted molar refractivity (Wildman–Crippen MR) is 88.2 cm³/mol. The van der Waals surface area contributed by atoms with Crippen LogP contribution in [-0.2, 0) is 11.2 Å². The molecule has 22 heavy (non-hydrogen) atoms. The van der Waals surface area contributed by atoms with E-state index in [1.165, 1.54) is 0 Å². The van der Waals surface area contributed by atoms with Crippen molar-refractivity contribution in [3.63, 3.8) is 0 Å². The molecule has 0 aliphatic rings. The zero-order valence-electron chi connectivity index (χ0n) is 11.4. The first-order chi connectivity index (χ1) is 10.5. The Hall–Kier alpha value is -1.85. The molecule has 2 aromatic rings. The second-order valence-corrected chi connectivity index (χ2v) is 6.06. The van der Waals surface area contributed by atoms with Crippen molar-refractivity contribution in [2.75, 3.05) is 0 Å². The number of amides is 1. The Kier molecular flexibility index (Phi) is 5.57. The third-order valence-electron chi connectivity index (χ3n) is 3.02. The van der Waals surface area contributed by atoms with Gasteiger partial charge in [-0.1, -0.05) is 45.7 Å². The van der Waals surface area contributed by atoms with Gasteiger partial charge in [0.15, 0.2) is 0 Å². The number of carbonyl (C=O) groups excluding carboxylic acids is 1. The van der Waals surface area contributed by atoms with Gasteiger partial charge in [0, 0.05) is 21.5 Å². The van der Waals surface area contributed by atoms with Crippen LogP contribution in [0.5, 0.6) is 0 Å². The molecule has 1 atom stereocenters. The average molecular weight is 383 g/mol. The zero-order chi connectivity index (χ0) is 16.1. The third-order valence-corrected chi connectivity index (χ3v) is 3.75. The molecule has 0 saturated heterocycles. The second-order valence-electron chi connectivity index (χ2n) is 4.71. The van der Waals surface area contributed by atoms with Gasteiger partial charge in [0.2, 0.25) is 0 Å². The van der Waals surface area contributed by atoms with E-state index in [0.29, 0.717) is 10.6 Å². The van der Waals surface area contributed by atoms with Gasteiger partial charge in [-0.05, 0) is 35.9 Å². The van der Waals surface area contributed by atoms with Gasteiger partial charge in [0.25, 0.3) is 5.91 Å². The molecule has 0 radical (unpaired) electrons. The van der Waals surface area contributed by atoms with Crippen LogP contribution in [0, 0.1) is 0 Å². The van der Waals surface area contributed by atoms with E-state index in [0.717, 1.165) is 10.0 Å². The summed E-state index contributed by atoms with van der Waals surface area (Å²) in [6, 6.07) is 12.6. The molecule has 2 N–H and O–H groups in total. The fourth-order valence-corrected chi connectivity index (χ4v) is 2.58. The van der Waals surface area contributed by atoms with E-state index in [2.05, 4.69) is 21.2 Å². The highest BCUT2D eigenvalue weighted by atomic mass is 79.9. The maximum atomic E-state index is 12.1. The number of aliphatic carboxylic acids is 1. The average Bonchev–Trinajstić information content (AvgIpc) is 2.46. The molecule has 114 valence electrons. The Labute approximate surface area is 141 Å². The molecule has 0 aliphatic carbocycles. The van der Waals surface area contributed by atoms with E-state index in [1.807, 2.05) is 0 Å². The SMILES string of the molecule is O=C(N[C@H](Cc1cccc(Cl)c1)C(=O)O)c1cccc(Br)c1. The van der Waals surface area contributed by atoms with Crippen LogP contribution in [0.1, 0.15) is 15.9 Å². The lowest BCUT2D eigenvalue weighted by atomic mass is 10.1. The monoisotopic (exact) mass is 381 g/mol.